The van der Waals surface area contributed by atoms with Crippen molar-refractivity contribution in [3.63, 3.8) is 0 Å². The number of hydrogen-bond acceptors (Lipinski definition) is 5. The van der Waals surface area contributed by atoms with Crippen LogP contribution >= 0.6 is 0 Å². The smallest absolute Gasteiger partial charge is 0.407 e. The quantitative estimate of drug-likeness (QED) is 0.497. The number of nitrogens with two attached hydrogens (primary N) is 1. The Morgan fingerprint density at radius 2 is 2.08 bits per heavy atom. The summed E-state index contributed by atoms with van der Waals surface area (Å²) >= 11 is 0. The topological polar surface area (TPSA) is 107 Å². The molecule has 2 rings (SSSR count). The van der Waals surface area contributed by atoms with Gasteiger partial charge >= 0.3 is 6.09 Å². The summed E-state index contributed by atoms with van der Waals surface area (Å²) in [4.78, 5) is 22.5. The van der Waals surface area contributed by atoms with Gasteiger partial charge < -0.3 is 15.8 Å². The Labute approximate surface area is 141 Å². The Kier molecular flexibility index (Phi) is 5.31. The number of benzene rings is 1. The molecule has 7 nitrogen and oxygen atoms in total. The lowest BCUT2D eigenvalue weighted by molar-refractivity contribution is -0.384. The van der Waals surface area contributed by atoms with Gasteiger partial charge in [0.2, 0.25) is 0 Å². The maximum Gasteiger partial charge on any atom is 0.407 e. The molecule has 1 aromatic carbocycles. The summed E-state index contributed by atoms with van der Waals surface area (Å²) in [6, 6.07) is 4.53. The number of carbonyl (C=O) groups is 1. The number of carbonyl (C=O) groups excluding carboxylic acids is 1. The average Bonchev–Trinajstić information content (AvgIpc) is 2.45. The molecular formula is C17H25N3O4. The van der Waals surface area contributed by atoms with Crippen LogP contribution in [-0.4, -0.2) is 22.7 Å². The standard InChI is InChI=1S/C17H25N3O4/c1-17(2,3)24-16(21)19-12-6-4-5-11(9-12)14-10-13(20(22)23)7-8-15(14)18/h7-8,10-12H,4-6,9,18H2,1-3H3,(H,19,21)/t11-,12+/m0/s1. The number of alkyl carbamates (subject to hydrolysis) is 1. The molecule has 132 valence electrons. The van der Waals surface area contributed by atoms with E-state index in [0.717, 1.165) is 24.8 Å². The van der Waals surface area contributed by atoms with Gasteiger partial charge in [0.1, 0.15) is 5.60 Å². The van der Waals surface area contributed by atoms with Gasteiger partial charge in [0, 0.05) is 23.9 Å². The molecule has 2 atom stereocenters. The minimum atomic E-state index is -0.539. The second-order valence-corrected chi connectivity index (χ2v) is 7.28. The normalized spacial score (nSPS) is 21.1. The monoisotopic (exact) mass is 335 g/mol. The van der Waals surface area contributed by atoms with Gasteiger partial charge in [-0.25, -0.2) is 4.79 Å². The number of nitrogens with zero attached hydrogens (tertiary/aromatic N) is 1. The van der Waals surface area contributed by atoms with Crippen molar-refractivity contribution >= 4 is 17.5 Å². The van der Waals surface area contributed by atoms with Gasteiger partial charge in [0.25, 0.3) is 5.69 Å². The van der Waals surface area contributed by atoms with E-state index in [4.69, 9.17) is 10.5 Å². The molecule has 1 saturated carbocycles. The van der Waals surface area contributed by atoms with Crippen molar-refractivity contribution in [2.24, 2.45) is 0 Å². The number of nitro benzene ring substituents is 1. The summed E-state index contributed by atoms with van der Waals surface area (Å²) in [6.07, 6.45) is 2.96. The molecule has 1 aromatic rings. The summed E-state index contributed by atoms with van der Waals surface area (Å²) in [5.74, 6) is 0.0959. The molecule has 7 heteroatoms. The third kappa shape index (κ3) is 4.84. The number of ether oxygens (including phenoxy) is 1. The van der Waals surface area contributed by atoms with Crippen molar-refractivity contribution in [1.29, 1.82) is 0 Å². The van der Waals surface area contributed by atoms with Crippen LogP contribution in [0.5, 0.6) is 0 Å². The number of nitro groups is 1. The second-order valence-electron chi connectivity index (χ2n) is 7.28. The minimum absolute atomic E-state index is 0.0164. The first-order valence-electron chi connectivity index (χ1n) is 8.19. The number of amides is 1. The van der Waals surface area contributed by atoms with Gasteiger partial charge in [-0.15, -0.1) is 0 Å². The predicted octanol–water partition coefficient (Wildman–Crippen LogP) is 3.73. The first-order chi connectivity index (χ1) is 11.2. The Morgan fingerprint density at radius 1 is 1.38 bits per heavy atom. The Hall–Kier alpha value is -2.31. The summed E-state index contributed by atoms with van der Waals surface area (Å²) in [6.45, 7) is 5.46. The highest BCUT2D eigenvalue weighted by Gasteiger charge is 2.28. The van der Waals surface area contributed by atoms with Crippen LogP contribution in [0.2, 0.25) is 0 Å². The van der Waals surface area contributed by atoms with E-state index in [1.165, 1.54) is 6.07 Å². The van der Waals surface area contributed by atoms with Crippen LogP contribution < -0.4 is 11.1 Å². The van der Waals surface area contributed by atoms with Gasteiger partial charge in [-0.3, -0.25) is 10.1 Å². The zero-order valence-corrected chi connectivity index (χ0v) is 14.4. The molecule has 0 heterocycles. The van der Waals surface area contributed by atoms with Crippen molar-refractivity contribution in [3.05, 3.63) is 33.9 Å². The number of hydrogen-bond donors (Lipinski definition) is 2. The number of nitrogens with one attached hydrogen (secondary N) is 1. The summed E-state index contributed by atoms with van der Waals surface area (Å²) in [5, 5.41) is 13.9. The number of non-ortho nitro benzene ring substituents is 1. The third-order valence-corrected chi connectivity index (χ3v) is 4.12. The van der Waals surface area contributed by atoms with E-state index >= 15 is 0 Å². The predicted molar refractivity (Wildman–Crippen MR) is 91.9 cm³/mol. The highest BCUT2D eigenvalue weighted by molar-refractivity contribution is 5.68. The maximum atomic E-state index is 11.9. The lowest BCUT2D eigenvalue weighted by Crippen LogP contribution is -2.41. The molecule has 0 aromatic heterocycles. The summed E-state index contributed by atoms with van der Waals surface area (Å²) < 4.78 is 5.29. The van der Waals surface area contributed by atoms with E-state index in [-0.39, 0.29) is 17.6 Å². The fraction of sp³-hybridized carbons (Fsp3) is 0.588. The fourth-order valence-corrected chi connectivity index (χ4v) is 3.11. The Morgan fingerprint density at radius 3 is 2.71 bits per heavy atom. The molecule has 0 unspecified atom stereocenters. The SMILES string of the molecule is CC(C)(C)OC(=O)N[C@@H]1CCC[C@H](c2cc([N+](=O)[O-])ccc2N)C1. The Balaban J connectivity index is 2.07. The third-order valence-electron chi connectivity index (χ3n) is 4.12. The van der Waals surface area contributed by atoms with Crippen LogP contribution in [0, 0.1) is 10.1 Å². The molecule has 0 spiro atoms. The van der Waals surface area contributed by atoms with Crippen molar-refractivity contribution in [3.8, 4) is 0 Å². The largest absolute Gasteiger partial charge is 0.444 e. The van der Waals surface area contributed by atoms with E-state index in [9.17, 15) is 14.9 Å². The Bertz CT molecular complexity index is 625. The molecule has 0 bridgehead atoms. The van der Waals surface area contributed by atoms with Crippen molar-refractivity contribution in [2.45, 2.75) is 64.0 Å². The van der Waals surface area contributed by atoms with E-state index in [2.05, 4.69) is 5.32 Å². The minimum Gasteiger partial charge on any atom is -0.444 e. The number of rotatable bonds is 3. The fourth-order valence-electron chi connectivity index (χ4n) is 3.11. The van der Waals surface area contributed by atoms with Gasteiger partial charge in [0.15, 0.2) is 0 Å². The van der Waals surface area contributed by atoms with E-state index in [0.29, 0.717) is 12.1 Å². The first kappa shape index (κ1) is 18.0. The highest BCUT2D eigenvalue weighted by Crippen LogP contribution is 2.37. The molecule has 0 radical (unpaired) electrons. The average molecular weight is 335 g/mol. The van der Waals surface area contributed by atoms with Gasteiger partial charge in [0.05, 0.1) is 4.92 Å². The van der Waals surface area contributed by atoms with E-state index < -0.39 is 16.6 Å². The highest BCUT2D eigenvalue weighted by atomic mass is 16.6. The van der Waals surface area contributed by atoms with Crippen molar-refractivity contribution < 1.29 is 14.5 Å². The van der Waals surface area contributed by atoms with E-state index in [1.54, 1.807) is 12.1 Å². The van der Waals surface area contributed by atoms with Crippen LogP contribution in [0.4, 0.5) is 16.2 Å². The van der Waals surface area contributed by atoms with Gasteiger partial charge in [-0.2, -0.15) is 0 Å². The van der Waals surface area contributed by atoms with Crippen molar-refractivity contribution in [2.75, 3.05) is 5.73 Å². The van der Waals surface area contributed by atoms with Crippen LogP contribution in [0.15, 0.2) is 18.2 Å². The van der Waals surface area contributed by atoms with E-state index in [1.807, 2.05) is 20.8 Å². The molecule has 3 N–H and O–H groups in total. The molecule has 1 aliphatic rings. The second kappa shape index (κ2) is 7.07. The number of nitrogen functional groups attached to an aromatic ring is 1. The van der Waals surface area contributed by atoms with Crippen LogP contribution in [0.3, 0.4) is 0 Å². The molecule has 1 aliphatic carbocycles. The summed E-state index contributed by atoms with van der Waals surface area (Å²) in [5.41, 5.74) is 6.87. The van der Waals surface area contributed by atoms with Crippen LogP contribution in [0.25, 0.3) is 0 Å². The zero-order valence-electron chi connectivity index (χ0n) is 14.4. The van der Waals surface area contributed by atoms with Gasteiger partial charge in [-0.1, -0.05) is 6.42 Å². The zero-order chi connectivity index (χ0) is 17.9. The molecule has 1 amide bonds. The number of anilines is 1. The van der Waals surface area contributed by atoms with Crippen LogP contribution in [0.1, 0.15) is 57.9 Å². The molecule has 0 aliphatic heterocycles. The van der Waals surface area contributed by atoms with Gasteiger partial charge in [-0.05, 0) is 57.6 Å². The molecule has 24 heavy (non-hydrogen) atoms. The lowest BCUT2D eigenvalue weighted by atomic mass is 9.80. The molecular weight excluding hydrogens is 310 g/mol. The lowest BCUT2D eigenvalue weighted by Gasteiger charge is -2.31. The van der Waals surface area contributed by atoms with Crippen LogP contribution in [-0.2, 0) is 4.74 Å². The van der Waals surface area contributed by atoms with Crippen molar-refractivity contribution in [1.82, 2.24) is 5.32 Å². The maximum absolute atomic E-state index is 11.9. The molecule has 0 saturated heterocycles. The first-order valence-corrected chi connectivity index (χ1v) is 8.19. The molecule has 1 fully saturated rings. The summed E-state index contributed by atoms with van der Waals surface area (Å²) in [7, 11) is 0.